The molecule has 160 valence electrons. The maximum absolute atomic E-state index is 12.5. The van der Waals surface area contributed by atoms with Gasteiger partial charge in [-0.15, -0.1) is 0 Å². The second kappa shape index (κ2) is 8.90. The molecule has 1 amide bonds. The fraction of sp³-hybridized carbons (Fsp3) is 0.435. The quantitative estimate of drug-likeness (QED) is 0.733. The summed E-state index contributed by atoms with van der Waals surface area (Å²) < 4.78 is 40.2. The first-order valence-corrected chi connectivity index (χ1v) is 10.2. The number of amides is 1. The van der Waals surface area contributed by atoms with Crippen molar-refractivity contribution < 1.29 is 27.8 Å². The van der Waals surface area contributed by atoms with Gasteiger partial charge in [-0.3, -0.25) is 4.79 Å². The largest absolute Gasteiger partial charge is 0.486 e. The van der Waals surface area contributed by atoms with E-state index in [0.29, 0.717) is 19.8 Å². The fourth-order valence-electron chi connectivity index (χ4n) is 4.30. The molecule has 1 fully saturated rings. The molecular formula is C23H25F2NO4. The Balaban J connectivity index is 1.39. The molecule has 0 bridgehead atoms. The maximum Gasteiger partial charge on any atom is 0.387 e. The number of hydrogen-bond acceptors (Lipinski definition) is 4. The Morgan fingerprint density at radius 1 is 1.03 bits per heavy atom. The summed E-state index contributed by atoms with van der Waals surface area (Å²) in [5.41, 5.74) is 1.80. The molecule has 1 saturated carbocycles. The average molecular weight is 417 g/mol. The van der Waals surface area contributed by atoms with Crippen molar-refractivity contribution in [3.8, 4) is 17.2 Å². The monoisotopic (exact) mass is 417 g/mol. The SMILES string of the molecule is O=C(Cc1ccc(OC(F)F)cc1)NCC1(c2ccc3c(c2)OCCO3)CCCC1. The van der Waals surface area contributed by atoms with Gasteiger partial charge in [0.15, 0.2) is 11.5 Å². The second-order valence-corrected chi connectivity index (χ2v) is 7.82. The van der Waals surface area contributed by atoms with Gasteiger partial charge in [0.25, 0.3) is 0 Å². The molecule has 1 heterocycles. The van der Waals surface area contributed by atoms with Crippen LogP contribution in [-0.2, 0) is 16.6 Å². The summed E-state index contributed by atoms with van der Waals surface area (Å²) in [4.78, 5) is 12.5. The predicted molar refractivity (Wildman–Crippen MR) is 107 cm³/mol. The van der Waals surface area contributed by atoms with Crippen LogP contribution in [0.3, 0.4) is 0 Å². The molecule has 0 spiro atoms. The lowest BCUT2D eigenvalue weighted by molar-refractivity contribution is -0.120. The van der Waals surface area contributed by atoms with E-state index in [1.165, 1.54) is 12.1 Å². The number of carbonyl (C=O) groups is 1. The highest BCUT2D eigenvalue weighted by Crippen LogP contribution is 2.43. The van der Waals surface area contributed by atoms with E-state index in [2.05, 4.69) is 16.1 Å². The third-order valence-electron chi connectivity index (χ3n) is 5.85. The first-order valence-electron chi connectivity index (χ1n) is 10.2. The molecule has 7 heteroatoms. The summed E-state index contributed by atoms with van der Waals surface area (Å²) in [7, 11) is 0. The van der Waals surface area contributed by atoms with Gasteiger partial charge in [0.2, 0.25) is 5.91 Å². The third-order valence-corrected chi connectivity index (χ3v) is 5.85. The molecule has 2 aromatic rings. The van der Waals surface area contributed by atoms with E-state index in [1.54, 1.807) is 12.1 Å². The minimum Gasteiger partial charge on any atom is -0.486 e. The summed E-state index contributed by atoms with van der Waals surface area (Å²) in [5, 5.41) is 3.08. The van der Waals surface area contributed by atoms with Crippen molar-refractivity contribution in [3.05, 3.63) is 53.6 Å². The fourth-order valence-corrected chi connectivity index (χ4v) is 4.30. The van der Waals surface area contributed by atoms with Crippen LogP contribution < -0.4 is 19.5 Å². The van der Waals surface area contributed by atoms with Crippen molar-refractivity contribution in [1.29, 1.82) is 0 Å². The molecule has 4 rings (SSSR count). The zero-order valence-electron chi connectivity index (χ0n) is 16.7. The number of hydrogen-bond donors (Lipinski definition) is 1. The van der Waals surface area contributed by atoms with Gasteiger partial charge < -0.3 is 19.5 Å². The Hall–Kier alpha value is -2.83. The lowest BCUT2D eigenvalue weighted by atomic mass is 9.78. The number of benzene rings is 2. The summed E-state index contributed by atoms with van der Waals surface area (Å²) in [6.45, 7) is -1.20. The van der Waals surface area contributed by atoms with E-state index in [4.69, 9.17) is 9.47 Å². The van der Waals surface area contributed by atoms with Gasteiger partial charge in [-0.05, 0) is 48.2 Å². The number of halogens is 2. The lowest BCUT2D eigenvalue weighted by Gasteiger charge is -2.31. The van der Waals surface area contributed by atoms with Crippen molar-refractivity contribution in [2.24, 2.45) is 0 Å². The molecular weight excluding hydrogens is 392 g/mol. The van der Waals surface area contributed by atoms with Crippen LogP contribution in [0.15, 0.2) is 42.5 Å². The first-order chi connectivity index (χ1) is 14.5. The highest BCUT2D eigenvalue weighted by molar-refractivity contribution is 5.78. The molecule has 0 unspecified atom stereocenters. The zero-order chi connectivity index (χ0) is 21.0. The molecule has 0 atom stereocenters. The number of fused-ring (bicyclic) bond motifs is 1. The van der Waals surface area contributed by atoms with Crippen LogP contribution in [0, 0.1) is 0 Å². The summed E-state index contributed by atoms with van der Waals surface area (Å²) >= 11 is 0. The summed E-state index contributed by atoms with van der Waals surface area (Å²) in [6, 6.07) is 12.2. The van der Waals surface area contributed by atoms with Crippen LogP contribution in [0.1, 0.15) is 36.8 Å². The van der Waals surface area contributed by atoms with Gasteiger partial charge in [-0.25, -0.2) is 0 Å². The number of carbonyl (C=O) groups excluding carboxylic acids is 1. The van der Waals surface area contributed by atoms with Crippen molar-refractivity contribution in [2.45, 2.75) is 44.1 Å². The van der Waals surface area contributed by atoms with E-state index in [1.807, 2.05) is 12.1 Å². The Kier molecular flexibility index (Phi) is 6.06. The first kappa shape index (κ1) is 20.4. The molecule has 2 aliphatic rings. The smallest absolute Gasteiger partial charge is 0.387 e. The summed E-state index contributed by atoms with van der Waals surface area (Å²) in [6.07, 6.45) is 4.44. The van der Waals surface area contributed by atoms with Gasteiger partial charge >= 0.3 is 6.61 Å². The van der Waals surface area contributed by atoms with E-state index < -0.39 is 6.61 Å². The van der Waals surface area contributed by atoms with Crippen LogP contribution >= 0.6 is 0 Å². The molecule has 1 aliphatic heterocycles. The maximum atomic E-state index is 12.5. The van der Waals surface area contributed by atoms with Crippen LogP contribution in [0.2, 0.25) is 0 Å². The van der Waals surface area contributed by atoms with Crippen molar-refractivity contribution in [1.82, 2.24) is 5.32 Å². The normalized spacial score (nSPS) is 17.0. The Morgan fingerprint density at radius 3 is 2.43 bits per heavy atom. The van der Waals surface area contributed by atoms with E-state index in [-0.39, 0.29) is 23.5 Å². The van der Waals surface area contributed by atoms with E-state index in [0.717, 1.165) is 48.3 Å². The lowest BCUT2D eigenvalue weighted by Crippen LogP contribution is -2.39. The van der Waals surface area contributed by atoms with Crippen LogP contribution in [0.5, 0.6) is 17.2 Å². The van der Waals surface area contributed by atoms with Gasteiger partial charge in [-0.1, -0.05) is 31.0 Å². The van der Waals surface area contributed by atoms with Crippen LogP contribution in [0.4, 0.5) is 8.78 Å². The molecule has 1 N–H and O–H groups in total. The molecule has 0 radical (unpaired) electrons. The van der Waals surface area contributed by atoms with Crippen molar-refractivity contribution in [2.75, 3.05) is 19.8 Å². The van der Waals surface area contributed by atoms with E-state index in [9.17, 15) is 13.6 Å². The van der Waals surface area contributed by atoms with Gasteiger partial charge in [-0.2, -0.15) is 8.78 Å². The Morgan fingerprint density at radius 2 is 1.73 bits per heavy atom. The molecule has 0 saturated heterocycles. The minimum absolute atomic E-state index is 0.0812. The minimum atomic E-state index is -2.86. The number of nitrogens with one attached hydrogen (secondary N) is 1. The third kappa shape index (κ3) is 4.66. The van der Waals surface area contributed by atoms with Crippen LogP contribution in [-0.4, -0.2) is 32.3 Å². The van der Waals surface area contributed by atoms with Crippen molar-refractivity contribution >= 4 is 5.91 Å². The summed E-state index contributed by atoms with van der Waals surface area (Å²) in [5.74, 6) is 1.52. The number of alkyl halides is 2. The molecule has 5 nitrogen and oxygen atoms in total. The highest BCUT2D eigenvalue weighted by atomic mass is 19.3. The zero-order valence-corrected chi connectivity index (χ0v) is 16.7. The standard InChI is InChI=1S/C23H25F2NO4/c24-22(25)30-18-6-3-16(4-7-18)13-21(27)26-15-23(9-1-2-10-23)17-5-8-19-20(14-17)29-12-11-28-19/h3-8,14,22H,1-2,9-13,15H2,(H,26,27). The van der Waals surface area contributed by atoms with Gasteiger partial charge in [0, 0.05) is 12.0 Å². The van der Waals surface area contributed by atoms with Crippen LogP contribution in [0.25, 0.3) is 0 Å². The molecule has 0 aromatic heterocycles. The van der Waals surface area contributed by atoms with Crippen molar-refractivity contribution in [3.63, 3.8) is 0 Å². The molecule has 1 aliphatic carbocycles. The predicted octanol–water partition coefficient (Wildman–Crippen LogP) is 4.23. The number of ether oxygens (including phenoxy) is 3. The highest BCUT2D eigenvalue weighted by Gasteiger charge is 2.36. The molecule has 2 aromatic carbocycles. The molecule has 30 heavy (non-hydrogen) atoms. The topological polar surface area (TPSA) is 56.8 Å². The second-order valence-electron chi connectivity index (χ2n) is 7.82. The van der Waals surface area contributed by atoms with Gasteiger partial charge in [0.05, 0.1) is 6.42 Å². The van der Waals surface area contributed by atoms with E-state index >= 15 is 0 Å². The Labute approximate surface area is 174 Å². The van der Waals surface area contributed by atoms with Gasteiger partial charge in [0.1, 0.15) is 19.0 Å². The number of rotatable bonds is 7. The Bertz CT molecular complexity index is 879. The average Bonchev–Trinajstić information content (AvgIpc) is 3.23.